The molecule has 0 aromatic rings. The topological polar surface area (TPSA) is 34.1 Å². The number of sulfone groups is 1. The molecule has 17 heavy (non-hydrogen) atoms. The highest BCUT2D eigenvalue weighted by Gasteiger charge is 2.31. The monoisotopic (exact) mass is 280 g/mol. The normalized spacial score (nSPS) is 20.7. The molecule has 0 saturated heterocycles. The third-order valence-electron chi connectivity index (χ3n) is 3.96. The first-order valence-electron chi connectivity index (χ1n) is 6.56. The predicted molar refractivity (Wildman–Crippen MR) is 74.3 cm³/mol. The second-order valence-corrected chi connectivity index (χ2v) is 9.35. The second-order valence-electron chi connectivity index (χ2n) is 6.18. The van der Waals surface area contributed by atoms with Crippen molar-refractivity contribution in [3.05, 3.63) is 0 Å². The summed E-state index contributed by atoms with van der Waals surface area (Å²) in [6.45, 7) is 5.31. The summed E-state index contributed by atoms with van der Waals surface area (Å²) in [5.74, 6) is 1.92. The lowest BCUT2D eigenvalue weighted by Crippen LogP contribution is -2.32. The Morgan fingerprint density at radius 2 is 1.76 bits per heavy atom. The van der Waals surface area contributed by atoms with Gasteiger partial charge in [-0.3, -0.25) is 0 Å². The predicted octanol–water partition coefficient (Wildman–Crippen LogP) is 3.64. The molecule has 1 aliphatic rings. The Labute approximate surface area is 111 Å². The molecular formula is C13H25ClO2S. The summed E-state index contributed by atoms with van der Waals surface area (Å²) >= 11 is 6.00. The molecule has 1 unspecified atom stereocenters. The third kappa shape index (κ3) is 4.13. The van der Waals surface area contributed by atoms with Crippen LogP contribution in [-0.2, 0) is 9.84 Å². The van der Waals surface area contributed by atoms with Crippen LogP contribution in [0.5, 0.6) is 0 Å². The number of hydrogen-bond acceptors (Lipinski definition) is 2. The maximum atomic E-state index is 12.0. The molecule has 0 aromatic carbocycles. The van der Waals surface area contributed by atoms with Crippen LogP contribution in [0.4, 0.5) is 0 Å². The van der Waals surface area contributed by atoms with Crippen molar-refractivity contribution in [1.82, 2.24) is 0 Å². The van der Waals surface area contributed by atoms with Gasteiger partial charge in [-0.05, 0) is 39.0 Å². The van der Waals surface area contributed by atoms with Gasteiger partial charge >= 0.3 is 0 Å². The zero-order chi connectivity index (χ0) is 13.1. The lowest BCUT2D eigenvalue weighted by atomic mass is 9.90. The molecule has 0 N–H and O–H groups in total. The molecule has 1 atom stereocenters. The molecule has 4 heteroatoms. The molecule has 2 nitrogen and oxygen atoms in total. The Morgan fingerprint density at radius 1 is 1.24 bits per heavy atom. The van der Waals surface area contributed by atoms with Crippen molar-refractivity contribution in [2.75, 3.05) is 11.6 Å². The molecule has 0 radical (unpaired) electrons. The van der Waals surface area contributed by atoms with Crippen LogP contribution in [0.15, 0.2) is 0 Å². The van der Waals surface area contributed by atoms with E-state index in [2.05, 4.69) is 0 Å². The van der Waals surface area contributed by atoms with E-state index in [-0.39, 0.29) is 5.75 Å². The number of alkyl halides is 1. The van der Waals surface area contributed by atoms with E-state index in [1.54, 1.807) is 20.8 Å². The van der Waals surface area contributed by atoms with E-state index in [0.29, 0.717) is 17.7 Å². The van der Waals surface area contributed by atoms with Gasteiger partial charge < -0.3 is 0 Å². The van der Waals surface area contributed by atoms with Crippen LogP contribution >= 0.6 is 11.6 Å². The van der Waals surface area contributed by atoms with Gasteiger partial charge in [0.25, 0.3) is 0 Å². The highest BCUT2D eigenvalue weighted by Crippen LogP contribution is 2.34. The average Bonchev–Trinajstić information content (AvgIpc) is 2.70. The molecule has 0 amide bonds. The molecule has 1 saturated carbocycles. The van der Waals surface area contributed by atoms with Gasteiger partial charge in [0.05, 0.1) is 10.5 Å². The van der Waals surface area contributed by atoms with Gasteiger partial charge in [-0.15, -0.1) is 11.6 Å². The SMILES string of the molecule is CC(C)(C)S(=O)(=O)CCC(CCl)C1CCCC1. The summed E-state index contributed by atoms with van der Waals surface area (Å²) in [6.07, 6.45) is 5.75. The lowest BCUT2D eigenvalue weighted by molar-refractivity contribution is 0.361. The van der Waals surface area contributed by atoms with E-state index >= 15 is 0 Å². The number of hydrogen-bond donors (Lipinski definition) is 0. The fourth-order valence-electron chi connectivity index (χ4n) is 2.48. The van der Waals surface area contributed by atoms with Crippen LogP contribution in [0.3, 0.4) is 0 Å². The van der Waals surface area contributed by atoms with Gasteiger partial charge in [-0.2, -0.15) is 0 Å². The summed E-state index contributed by atoms with van der Waals surface area (Å²) in [5, 5.41) is 0. The molecule has 1 rings (SSSR count). The van der Waals surface area contributed by atoms with Gasteiger partial charge in [-0.25, -0.2) is 8.42 Å². The first-order valence-corrected chi connectivity index (χ1v) is 8.75. The summed E-state index contributed by atoms with van der Waals surface area (Å²) in [6, 6.07) is 0. The van der Waals surface area contributed by atoms with E-state index in [1.165, 1.54) is 25.7 Å². The van der Waals surface area contributed by atoms with E-state index in [4.69, 9.17) is 11.6 Å². The van der Waals surface area contributed by atoms with Gasteiger partial charge in [0, 0.05) is 5.88 Å². The Bertz CT molecular complexity index is 324. The number of rotatable bonds is 5. The minimum absolute atomic E-state index is 0.282. The fraction of sp³-hybridized carbons (Fsp3) is 1.00. The van der Waals surface area contributed by atoms with E-state index in [1.807, 2.05) is 0 Å². The Kier molecular flexibility index (Phi) is 5.33. The van der Waals surface area contributed by atoms with Crippen molar-refractivity contribution in [1.29, 1.82) is 0 Å². The highest BCUT2D eigenvalue weighted by molar-refractivity contribution is 7.92. The van der Waals surface area contributed by atoms with Gasteiger partial charge in [0.2, 0.25) is 0 Å². The average molecular weight is 281 g/mol. The molecule has 102 valence electrons. The summed E-state index contributed by atoms with van der Waals surface area (Å²) < 4.78 is 23.4. The van der Waals surface area contributed by atoms with Crippen molar-refractivity contribution in [3.63, 3.8) is 0 Å². The van der Waals surface area contributed by atoms with Crippen molar-refractivity contribution in [2.45, 2.75) is 57.6 Å². The lowest BCUT2D eigenvalue weighted by Gasteiger charge is -2.24. The number of halogens is 1. The van der Waals surface area contributed by atoms with Crippen LogP contribution in [0.25, 0.3) is 0 Å². The first-order chi connectivity index (χ1) is 7.78. The van der Waals surface area contributed by atoms with Crippen molar-refractivity contribution >= 4 is 21.4 Å². The van der Waals surface area contributed by atoms with E-state index in [0.717, 1.165) is 6.42 Å². The minimum atomic E-state index is -2.99. The van der Waals surface area contributed by atoms with E-state index in [9.17, 15) is 8.42 Å². The summed E-state index contributed by atoms with van der Waals surface area (Å²) in [5.41, 5.74) is 0. The van der Waals surface area contributed by atoms with Gasteiger partial charge in [0.1, 0.15) is 0 Å². The van der Waals surface area contributed by atoms with Crippen molar-refractivity contribution < 1.29 is 8.42 Å². The largest absolute Gasteiger partial charge is 0.228 e. The van der Waals surface area contributed by atoms with E-state index < -0.39 is 14.6 Å². The smallest absolute Gasteiger partial charge is 0.155 e. The maximum absolute atomic E-state index is 12.0. The third-order valence-corrected chi connectivity index (χ3v) is 6.99. The molecular weight excluding hydrogens is 256 g/mol. The van der Waals surface area contributed by atoms with Crippen molar-refractivity contribution in [3.8, 4) is 0 Å². The van der Waals surface area contributed by atoms with Crippen molar-refractivity contribution in [2.24, 2.45) is 11.8 Å². The minimum Gasteiger partial charge on any atom is -0.228 e. The van der Waals surface area contributed by atoms with Crippen LogP contribution in [0.2, 0.25) is 0 Å². The zero-order valence-corrected chi connectivity index (χ0v) is 12.8. The molecule has 0 aliphatic heterocycles. The maximum Gasteiger partial charge on any atom is 0.155 e. The Morgan fingerprint density at radius 3 is 2.18 bits per heavy atom. The van der Waals surface area contributed by atoms with Crippen LogP contribution < -0.4 is 0 Å². The quantitative estimate of drug-likeness (QED) is 0.721. The van der Waals surface area contributed by atoms with Crippen LogP contribution in [0, 0.1) is 11.8 Å². The molecule has 1 aliphatic carbocycles. The fourth-order valence-corrected chi connectivity index (χ4v) is 4.11. The Balaban J connectivity index is 2.53. The molecule has 0 aromatic heterocycles. The highest BCUT2D eigenvalue weighted by atomic mass is 35.5. The summed E-state index contributed by atoms with van der Waals surface area (Å²) in [7, 11) is -2.99. The zero-order valence-electron chi connectivity index (χ0n) is 11.2. The molecule has 0 bridgehead atoms. The molecule has 1 fully saturated rings. The van der Waals surface area contributed by atoms with Crippen LogP contribution in [0.1, 0.15) is 52.9 Å². The Hall–Kier alpha value is 0.240. The first kappa shape index (κ1) is 15.3. The molecule has 0 heterocycles. The van der Waals surface area contributed by atoms with Gasteiger partial charge in [0.15, 0.2) is 9.84 Å². The standard InChI is InChI=1S/C13H25ClO2S/c1-13(2,3)17(15,16)9-8-12(10-14)11-6-4-5-7-11/h11-12H,4-10H2,1-3H3. The molecule has 0 spiro atoms. The van der Waals surface area contributed by atoms with Crippen LogP contribution in [-0.4, -0.2) is 24.8 Å². The second kappa shape index (κ2) is 5.92. The summed E-state index contributed by atoms with van der Waals surface area (Å²) in [4.78, 5) is 0. The van der Waals surface area contributed by atoms with Gasteiger partial charge in [-0.1, -0.05) is 25.7 Å².